The molecule has 0 bridgehead atoms. The molecular weight excluding hydrogens is 352 g/mol. The third kappa shape index (κ3) is 8.84. The molecule has 7 nitrogen and oxygen atoms in total. The van der Waals surface area contributed by atoms with Gasteiger partial charge in [0.2, 0.25) is 5.91 Å². The van der Waals surface area contributed by atoms with Crippen LogP contribution in [0.25, 0.3) is 0 Å². The van der Waals surface area contributed by atoms with E-state index >= 15 is 0 Å². The van der Waals surface area contributed by atoms with Crippen molar-refractivity contribution in [1.82, 2.24) is 15.5 Å². The van der Waals surface area contributed by atoms with Crippen LogP contribution >= 0.6 is 0 Å². The fraction of sp³-hybridized carbons (Fsp3) is 0.556. The Kier molecular flexibility index (Phi) is 9.12. The zero-order chi connectivity index (χ0) is 19.6. The third-order valence-corrected chi connectivity index (χ3v) is 4.86. The molecule has 1 rings (SSSR count). The van der Waals surface area contributed by atoms with Crippen LogP contribution in [0.15, 0.2) is 35.3 Å². The number of likely N-dealkylation sites (N-methyl/N-ethyl adjacent to an activating group) is 1. The van der Waals surface area contributed by atoms with E-state index in [9.17, 15) is 13.2 Å². The van der Waals surface area contributed by atoms with E-state index in [0.29, 0.717) is 25.5 Å². The van der Waals surface area contributed by atoms with Crippen LogP contribution in [-0.4, -0.2) is 63.4 Å². The van der Waals surface area contributed by atoms with Crippen LogP contribution in [0.2, 0.25) is 0 Å². The number of benzene rings is 1. The van der Waals surface area contributed by atoms with Crippen LogP contribution in [0.4, 0.5) is 0 Å². The lowest BCUT2D eigenvalue weighted by molar-refractivity contribution is -0.130. The number of carbonyl (C=O) groups is 1. The average Bonchev–Trinajstić information content (AvgIpc) is 2.61. The van der Waals surface area contributed by atoms with Crippen molar-refractivity contribution in [3.8, 4) is 0 Å². The second kappa shape index (κ2) is 10.8. The number of carbonyl (C=O) groups excluding carboxylic acids is 1. The van der Waals surface area contributed by atoms with Crippen molar-refractivity contribution in [2.24, 2.45) is 4.99 Å². The van der Waals surface area contributed by atoms with Gasteiger partial charge in [-0.1, -0.05) is 30.3 Å². The highest BCUT2D eigenvalue weighted by atomic mass is 32.2. The lowest BCUT2D eigenvalue weighted by Gasteiger charge is -2.23. The predicted octanol–water partition coefficient (Wildman–Crippen LogP) is 1.02. The number of sulfone groups is 1. The Labute approximate surface area is 156 Å². The molecule has 1 aromatic rings. The Morgan fingerprint density at radius 3 is 2.46 bits per heavy atom. The van der Waals surface area contributed by atoms with Crippen LogP contribution < -0.4 is 10.6 Å². The maximum Gasteiger partial charge on any atom is 0.242 e. The van der Waals surface area contributed by atoms with Crippen molar-refractivity contribution in [3.63, 3.8) is 0 Å². The monoisotopic (exact) mass is 382 g/mol. The third-order valence-electron chi connectivity index (χ3n) is 3.89. The highest BCUT2D eigenvalue weighted by Crippen LogP contribution is 2.04. The Bertz CT molecular complexity index is 690. The van der Waals surface area contributed by atoms with Crippen molar-refractivity contribution in [3.05, 3.63) is 35.9 Å². The minimum absolute atomic E-state index is 0.0249. The van der Waals surface area contributed by atoms with Gasteiger partial charge in [0.05, 0.1) is 12.3 Å². The van der Waals surface area contributed by atoms with Crippen molar-refractivity contribution in [2.45, 2.75) is 32.9 Å². The van der Waals surface area contributed by atoms with E-state index in [1.807, 2.05) is 44.2 Å². The zero-order valence-electron chi connectivity index (χ0n) is 16.0. The summed E-state index contributed by atoms with van der Waals surface area (Å²) in [6.07, 6.45) is 1.69. The summed E-state index contributed by atoms with van der Waals surface area (Å²) in [6.45, 7) is 5.13. The van der Waals surface area contributed by atoms with Crippen molar-refractivity contribution in [2.75, 3.05) is 32.1 Å². The summed E-state index contributed by atoms with van der Waals surface area (Å²) in [6, 6.07) is 9.77. The number of hydrogen-bond acceptors (Lipinski definition) is 4. The standard InChI is InChI=1S/C18H30N4O3S/c1-5-22(14-16-9-7-6-8-10-16)17(23)13-20-18(19-3)21-15(2)11-12-26(4,24)25/h6-10,15H,5,11-14H2,1-4H3,(H2,19,20,21). The summed E-state index contributed by atoms with van der Waals surface area (Å²) in [5.74, 6) is 0.566. The number of guanidine groups is 1. The first kappa shape index (κ1) is 22.0. The van der Waals surface area contributed by atoms with Gasteiger partial charge in [-0.3, -0.25) is 9.79 Å². The summed E-state index contributed by atoms with van der Waals surface area (Å²) in [7, 11) is -1.38. The van der Waals surface area contributed by atoms with Gasteiger partial charge in [0.15, 0.2) is 5.96 Å². The van der Waals surface area contributed by atoms with E-state index in [1.165, 1.54) is 6.26 Å². The molecule has 0 radical (unpaired) electrons. The number of amides is 1. The molecule has 146 valence electrons. The van der Waals surface area contributed by atoms with Gasteiger partial charge < -0.3 is 15.5 Å². The van der Waals surface area contributed by atoms with Gasteiger partial charge in [0.1, 0.15) is 9.84 Å². The van der Waals surface area contributed by atoms with Crippen LogP contribution in [0, 0.1) is 0 Å². The minimum Gasteiger partial charge on any atom is -0.354 e. The number of nitrogens with one attached hydrogen (secondary N) is 2. The summed E-state index contributed by atoms with van der Waals surface area (Å²) in [5.41, 5.74) is 1.08. The van der Waals surface area contributed by atoms with Crippen LogP contribution in [0.3, 0.4) is 0 Å². The zero-order valence-corrected chi connectivity index (χ0v) is 16.8. The molecule has 26 heavy (non-hydrogen) atoms. The summed E-state index contributed by atoms with van der Waals surface area (Å²) < 4.78 is 22.5. The molecule has 0 spiro atoms. The quantitative estimate of drug-likeness (QED) is 0.492. The van der Waals surface area contributed by atoms with Gasteiger partial charge >= 0.3 is 0 Å². The largest absolute Gasteiger partial charge is 0.354 e. The molecule has 0 aliphatic heterocycles. The number of rotatable bonds is 9. The number of aliphatic imine (C=N–C) groups is 1. The second-order valence-electron chi connectivity index (χ2n) is 6.28. The van der Waals surface area contributed by atoms with Crippen LogP contribution in [0.5, 0.6) is 0 Å². The van der Waals surface area contributed by atoms with Gasteiger partial charge in [-0.2, -0.15) is 0 Å². The number of hydrogen-bond donors (Lipinski definition) is 2. The molecule has 8 heteroatoms. The molecule has 1 amide bonds. The Balaban J connectivity index is 2.49. The van der Waals surface area contributed by atoms with E-state index in [0.717, 1.165) is 5.56 Å². The first-order valence-electron chi connectivity index (χ1n) is 8.71. The smallest absolute Gasteiger partial charge is 0.242 e. The first-order valence-corrected chi connectivity index (χ1v) is 10.8. The number of nitrogens with zero attached hydrogens (tertiary/aromatic N) is 2. The Morgan fingerprint density at radius 1 is 1.27 bits per heavy atom. The maximum absolute atomic E-state index is 12.4. The normalized spacial score (nSPS) is 13.2. The fourth-order valence-corrected chi connectivity index (χ4v) is 3.12. The van der Waals surface area contributed by atoms with Gasteiger partial charge in [-0.25, -0.2) is 8.42 Å². The molecule has 1 unspecified atom stereocenters. The molecule has 0 aliphatic carbocycles. The van der Waals surface area contributed by atoms with E-state index in [1.54, 1.807) is 11.9 Å². The van der Waals surface area contributed by atoms with Gasteiger partial charge in [0.25, 0.3) is 0 Å². The molecule has 0 saturated heterocycles. The van der Waals surface area contributed by atoms with E-state index < -0.39 is 9.84 Å². The Hall–Kier alpha value is -2.09. The molecule has 0 fully saturated rings. The molecule has 0 heterocycles. The summed E-state index contributed by atoms with van der Waals surface area (Å²) >= 11 is 0. The molecule has 1 atom stereocenters. The lowest BCUT2D eigenvalue weighted by atomic mass is 10.2. The first-order chi connectivity index (χ1) is 12.2. The molecule has 0 aliphatic rings. The van der Waals surface area contributed by atoms with Gasteiger partial charge in [-0.15, -0.1) is 0 Å². The summed E-state index contributed by atoms with van der Waals surface area (Å²) in [4.78, 5) is 18.3. The highest BCUT2D eigenvalue weighted by Gasteiger charge is 2.14. The highest BCUT2D eigenvalue weighted by molar-refractivity contribution is 7.90. The van der Waals surface area contributed by atoms with E-state index in [-0.39, 0.29) is 24.2 Å². The molecule has 0 saturated carbocycles. The molecular formula is C18H30N4O3S. The van der Waals surface area contributed by atoms with Crippen molar-refractivity contribution >= 4 is 21.7 Å². The fourth-order valence-electron chi connectivity index (χ4n) is 2.34. The van der Waals surface area contributed by atoms with Crippen molar-refractivity contribution < 1.29 is 13.2 Å². The summed E-state index contributed by atoms with van der Waals surface area (Å²) in [5, 5.41) is 6.10. The molecule has 1 aromatic carbocycles. The second-order valence-corrected chi connectivity index (χ2v) is 8.54. The SMILES string of the molecule is CCN(Cc1ccccc1)C(=O)CNC(=NC)NC(C)CCS(C)(=O)=O. The maximum atomic E-state index is 12.4. The predicted molar refractivity (Wildman–Crippen MR) is 106 cm³/mol. The van der Waals surface area contributed by atoms with Crippen LogP contribution in [-0.2, 0) is 21.2 Å². The van der Waals surface area contributed by atoms with Crippen molar-refractivity contribution in [1.29, 1.82) is 0 Å². The average molecular weight is 383 g/mol. The van der Waals surface area contributed by atoms with E-state index in [4.69, 9.17) is 0 Å². The van der Waals surface area contributed by atoms with Crippen LogP contribution in [0.1, 0.15) is 25.8 Å². The molecule has 2 N–H and O–H groups in total. The lowest BCUT2D eigenvalue weighted by Crippen LogP contribution is -2.47. The Morgan fingerprint density at radius 2 is 1.92 bits per heavy atom. The van der Waals surface area contributed by atoms with E-state index in [2.05, 4.69) is 15.6 Å². The van der Waals surface area contributed by atoms with Gasteiger partial charge in [-0.05, 0) is 25.8 Å². The molecule has 0 aromatic heterocycles. The topological polar surface area (TPSA) is 90.9 Å². The van der Waals surface area contributed by atoms with Gasteiger partial charge in [0, 0.05) is 32.4 Å². The minimum atomic E-state index is -2.99.